The summed E-state index contributed by atoms with van der Waals surface area (Å²) >= 11 is 0. The highest BCUT2D eigenvalue weighted by Gasteiger charge is 2.62. The van der Waals surface area contributed by atoms with Crippen molar-refractivity contribution in [2.24, 2.45) is 0 Å². The number of allylic oxidation sites excluding steroid dienone is 1. The lowest BCUT2D eigenvalue weighted by molar-refractivity contribution is 0.503. The normalized spacial score (nSPS) is 15.7. The largest absolute Gasteiger partial charge is 0.218 e. The number of benzene rings is 5. The predicted molar refractivity (Wildman–Crippen MR) is 148 cm³/mol. The van der Waals surface area contributed by atoms with E-state index in [4.69, 9.17) is 0 Å². The van der Waals surface area contributed by atoms with Crippen LogP contribution in [0.15, 0.2) is 164 Å². The molecule has 1 aliphatic rings. The molecule has 0 radical (unpaired) electrons. The molecule has 0 nitrogen and oxygen atoms in total. The smallest absolute Gasteiger partial charge is 0.112 e. The van der Waals surface area contributed by atoms with Crippen molar-refractivity contribution in [2.45, 2.75) is 10.7 Å². The average Bonchev–Trinajstić information content (AvgIpc) is 3.33. The number of rotatable bonds is 5. The Labute approximate surface area is 208 Å². The molecule has 0 saturated heterocycles. The second-order valence-corrected chi connectivity index (χ2v) is 9.33. The summed E-state index contributed by atoms with van der Waals surface area (Å²) in [4.78, 5) is 0. The molecule has 1 heterocycles. The number of hydrogen-bond acceptors (Lipinski definition) is 0. The Hall–Kier alpha value is -4.10. The van der Waals surface area contributed by atoms with Crippen molar-refractivity contribution in [3.8, 4) is 0 Å². The van der Waals surface area contributed by atoms with E-state index in [2.05, 4.69) is 164 Å². The second-order valence-electron chi connectivity index (χ2n) is 9.33. The Kier molecular flexibility index (Phi) is 5.47. The molecule has 0 saturated carbocycles. The average molecular weight is 446 g/mol. The molecule has 0 bridgehead atoms. The van der Waals surface area contributed by atoms with Crippen molar-refractivity contribution >= 4 is 12.2 Å². The summed E-state index contributed by atoms with van der Waals surface area (Å²) < 4.78 is 0. The third-order valence-corrected chi connectivity index (χ3v) is 7.70. The van der Waals surface area contributed by atoms with E-state index in [1.807, 2.05) is 0 Å². The molecule has 6 rings (SSSR count). The maximum atomic E-state index is 2.48. The summed E-state index contributed by atoms with van der Waals surface area (Å²) in [7, 11) is 0. The Bertz CT molecular complexity index is 1330. The van der Waals surface area contributed by atoms with Crippen LogP contribution in [0.1, 0.15) is 22.3 Å². The molecule has 0 N–H and O–H groups in total. The maximum Gasteiger partial charge on any atom is 0.218 e. The van der Waals surface area contributed by atoms with Gasteiger partial charge < -0.3 is 0 Å². The summed E-state index contributed by atoms with van der Waals surface area (Å²) in [6.07, 6.45) is 2.48. The molecule has 5 aromatic rings. The van der Waals surface area contributed by atoms with Gasteiger partial charge in [0, 0.05) is 10.7 Å². The third kappa shape index (κ3) is 3.23. The first-order valence-electron chi connectivity index (χ1n) is 12.3. The first-order valence-corrected chi connectivity index (χ1v) is 12.3. The van der Waals surface area contributed by atoms with Crippen molar-refractivity contribution in [3.63, 3.8) is 0 Å². The first-order chi connectivity index (χ1) is 17.4. The molecule has 0 unspecified atom stereocenters. The SMILES string of the molecule is C1=CC(c2ccccc2)(c2ccccc2)C(c2ccccc2)(c2ccccc2)B1c1ccccc1. The molecular formula is C34H27B. The van der Waals surface area contributed by atoms with Crippen LogP contribution in [-0.2, 0) is 10.7 Å². The molecule has 166 valence electrons. The van der Waals surface area contributed by atoms with Gasteiger partial charge in [0.05, 0.1) is 0 Å². The fourth-order valence-electron chi connectivity index (χ4n) is 6.38. The van der Waals surface area contributed by atoms with Crippen molar-refractivity contribution in [1.29, 1.82) is 0 Å². The van der Waals surface area contributed by atoms with Crippen molar-refractivity contribution in [3.05, 3.63) is 186 Å². The summed E-state index contributed by atoms with van der Waals surface area (Å²) in [5.74, 6) is 2.45. The van der Waals surface area contributed by atoms with Crippen LogP contribution >= 0.6 is 0 Å². The van der Waals surface area contributed by atoms with Gasteiger partial charge in [0.15, 0.2) is 0 Å². The van der Waals surface area contributed by atoms with Crippen molar-refractivity contribution < 1.29 is 0 Å². The molecular weight excluding hydrogens is 419 g/mol. The van der Waals surface area contributed by atoms with Crippen LogP contribution < -0.4 is 5.46 Å². The van der Waals surface area contributed by atoms with E-state index >= 15 is 0 Å². The lowest BCUT2D eigenvalue weighted by Crippen LogP contribution is -2.59. The van der Waals surface area contributed by atoms with Gasteiger partial charge >= 0.3 is 0 Å². The zero-order chi connectivity index (χ0) is 23.6. The highest BCUT2D eigenvalue weighted by atomic mass is 14.5. The second kappa shape index (κ2) is 8.93. The molecule has 0 amide bonds. The Morgan fingerprint density at radius 1 is 0.371 bits per heavy atom. The zero-order valence-electron chi connectivity index (χ0n) is 19.7. The predicted octanol–water partition coefficient (Wildman–Crippen LogP) is 7.01. The minimum atomic E-state index is -0.404. The van der Waals surface area contributed by atoms with Gasteiger partial charge in [0.1, 0.15) is 0 Å². The van der Waals surface area contributed by atoms with Crippen LogP contribution in [0.4, 0.5) is 0 Å². The lowest BCUT2D eigenvalue weighted by Gasteiger charge is -2.50. The lowest BCUT2D eigenvalue weighted by atomic mass is 9.24. The van der Waals surface area contributed by atoms with Gasteiger partial charge in [-0.3, -0.25) is 0 Å². The van der Waals surface area contributed by atoms with E-state index in [1.54, 1.807) is 0 Å². The Morgan fingerprint density at radius 3 is 1.11 bits per heavy atom. The molecule has 0 fully saturated rings. The first kappa shape index (κ1) is 21.4. The minimum Gasteiger partial charge on any atom is -0.112 e. The van der Waals surface area contributed by atoms with E-state index in [9.17, 15) is 0 Å². The summed E-state index contributed by atoms with van der Waals surface area (Å²) in [5, 5.41) is -0.389. The van der Waals surface area contributed by atoms with E-state index in [-0.39, 0.29) is 12.0 Å². The molecule has 0 aromatic heterocycles. The third-order valence-electron chi connectivity index (χ3n) is 7.70. The van der Waals surface area contributed by atoms with E-state index < -0.39 is 5.41 Å². The van der Waals surface area contributed by atoms with Gasteiger partial charge in [-0.1, -0.05) is 163 Å². The molecule has 0 spiro atoms. The molecule has 1 aliphatic heterocycles. The van der Waals surface area contributed by atoms with Gasteiger partial charge in [0.25, 0.3) is 0 Å². The van der Waals surface area contributed by atoms with E-state index in [1.165, 1.54) is 27.7 Å². The van der Waals surface area contributed by atoms with Crippen molar-refractivity contribution in [1.82, 2.24) is 0 Å². The van der Waals surface area contributed by atoms with Gasteiger partial charge in [-0.05, 0) is 22.3 Å². The van der Waals surface area contributed by atoms with Crippen LogP contribution in [0.2, 0.25) is 0 Å². The van der Waals surface area contributed by atoms with Crippen LogP contribution in [0.5, 0.6) is 0 Å². The fraction of sp³-hybridized carbons (Fsp3) is 0.0588. The molecule has 0 atom stereocenters. The van der Waals surface area contributed by atoms with Crippen molar-refractivity contribution in [2.75, 3.05) is 0 Å². The van der Waals surface area contributed by atoms with E-state index in [0.29, 0.717) is 0 Å². The summed E-state index contributed by atoms with van der Waals surface area (Å²) in [6.45, 7) is 0.147. The topological polar surface area (TPSA) is 0 Å². The molecule has 0 aliphatic carbocycles. The summed E-state index contributed by atoms with van der Waals surface area (Å²) in [5.41, 5.74) is 6.15. The monoisotopic (exact) mass is 446 g/mol. The molecule has 35 heavy (non-hydrogen) atoms. The Morgan fingerprint density at radius 2 is 0.714 bits per heavy atom. The van der Waals surface area contributed by atoms with Crippen LogP contribution in [0.25, 0.3) is 0 Å². The molecule has 1 heteroatoms. The van der Waals surface area contributed by atoms with Gasteiger partial charge in [-0.15, -0.1) is 5.98 Å². The highest BCUT2D eigenvalue weighted by molar-refractivity contribution is 6.82. The summed E-state index contributed by atoms with van der Waals surface area (Å²) in [6, 6.07) is 55.3. The highest BCUT2D eigenvalue weighted by Crippen LogP contribution is 2.58. The van der Waals surface area contributed by atoms with Gasteiger partial charge in [-0.2, -0.15) is 0 Å². The van der Waals surface area contributed by atoms with E-state index in [0.717, 1.165) is 0 Å². The molecule has 5 aromatic carbocycles. The van der Waals surface area contributed by atoms with Crippen LogP contribution in [-0.4, -0.2) is 6.71 Å². The minimum absolute atomic E-state index is 0.147. The fourth-order valence-corrected chi connectivity index (χ4v) is 6.38. The maximum absolute atomic E-state index is 2.48. The quantitative estimate of drug-likeness (QED) is 0.255. The van der Waals surface area contributed by atoms with Gasteiger partial charge in [0.2, 0.25) is 6.71 Å². The van der Waals surface area contributed by atoms with Gasteiger partial charge in [-0.25, -0.2) is 0 Å². The van der Waals surface area contributed by atoms with Crippen LogP contribution in [0, 0.1) is 0 Å². The van der Waals surface area contributed by atoms with Crippen LogP contribution in [0.3, 0.4) is 0 Å². The Balaban J connectivity index is 1.81. The number of hydrogen-bond donors (Lipinski definition) is 0. The standard InChI is InChI=1S/C34H27B/c1-6-16-28(17-7-1)33(29-18-8-2-9-19-29)26-27-35(32-24-14-5-15-25-32)34(33,30-20-10-3-11-21-30)31-22-12-4-13-23-31/h1-27H. The zero-order valence-corrected chi connectivity index (χ0v) is 19.7.